The summed E-state index contributed by atoms with van der Waals surface area (Å²) in [5.74, 6) is 0. The van der Waals surface area contributed by atoms with Gasteiger partial charge in [0.15, 0.2) is 0 Å². The fraction of sp³-hybridized carbons (Fsp3) is 0.600. The summed E-state index contributed by atoms with van der Waals surface area (Å²) in [5.41, 5.74) is 0. The van der Waals surface area contributed by atoms with E-state index in [2.05, 4.69) is 21.2 Å². The number of hydrogen-bond donors (Lipinski definition) is 1. The molecule has 1 atom stereocenters. The van der Waals surface area contributed by atoms with E-state index in [-0.39, 0.29) is 10.9 Å². The van der Waals surface area contributed by atoms with Crippen molar-refractivity contribution in [2.45, 2.75) is 23.8 Å². The third-order valence-electron chi connectivity index (χ3n) is 3.04. The van der Waals surface area contributed by atoms with Gasteiger partial charge < -0.3 is 5.32 Å². The maximum Gasteiger partial charge on any atom is 0.245 e. The minimum Gasteiger partial charge on any atom is -0.316 e. The topological polar surface area (TPSA) is 49.4 Å². The van der Waals surface area contributed by atoms with Crippen molar-refractivity contribution >= 4 is 48.9 Å². The van der Waals surface area contributed by atoms with Crippen LogP contribution in [0.25, 0.3) is 0 Å². The summed E-state index contributed by atoms with van der Waals surface area (Å²) in [6.07, 6.45) is 1.87. The largest absolute Gasteiger partial charge is 0.316 e. The van der Waals surface area contributed by atoms with Crippen LogP contribution in [0.4, 0.5) is 0 Å². The van der Waals surface area contributed by atoms with Gasteiger partial charge in [-0.25, -0.2) is 8.42 Å². The maximum atomic E-state index is 12.5. The average molecular weight is 374 g/mol. The van der Waals surface area contributed by atoms with E-state index < -0.39 is 10.0 Å². The van der Waals surface area contributed by atoms with Crippen molar-refractivity contribution in [2.75, 3.05) is 20.1 Å². The predicted octanol–water partition coefficient (Wildman–Crippen LogP) is 2.54. The highest BCUT2D eigenvalue weighted by Gasteiger charge is 2.32. The van der Waals surface area contributed by atoms with Crippen molar-refractivity contribution < 1.29 is 8.42 Å². The summed E-state index contributed by atoms with van der Waals surface area (Å²) < 4.78 is 27.5. The molecule has 1 aromatic rings. The number of thiophene rings is 1. The first-order valence-corrected chi connectivity index (χ1v) is 9.00. The fourth-order valence-corrected chi connectivity index (χ4v) is 6.29. The van der Waals surface area contributed by atoms with Gasteiger partial charge in [-0.2, -0.15) is 4.31 Å². The first kappa shape index (κ1) is 14.7. The Morgan fingerprint density at radius 3 is 2.89 bits per heavy atom. The van der Waals surface area contributed by atoms with E-state index in [1.165, 1.54) is 15.6 Å². The zero-order valence-corrected chi connectivity index (χ0v) is 13.8. The number of halogens is 2. The summed E-state index contributed by atoms with van der Waals surface area (Å²) in [5, 5.41) is 3.13. The summed E-state index contributed by atoms with van der Waals surface area (Å²) in [4.78, 5) is 0.206. The Bertz CT molecular complexity index is 532. The van der Waals surface area contributed by atoms with Crippen LogP contribution in [0.2, 0.25) is 4.34 Å². The maximum absolute atomic E-state index is 12.5. The minimum atomic E-state index is -3.47. The van der Waals surface area contributed by atoms with Gasteiger partial charge >= 0.3 is 0 Å². The van der Waals surface area contributed by atoms with Crippen LogP contribution in [-0.2, 0) is 10.0 Å². The second kappa shape index (κ2) is 5.76. The fourth-order valence-electron chi connectivity index (χ4n) is 2.04. The normalized spacial score (nSPS) is 22.3. The zero-order valence-electron chi connectivity index (χ0n) is 9.82. The summed E-state index contributed by atoms with van der Waals surface area (Å²) in [7, 11) is -1.62. The van der Waals surface area contributed by atoms with Crippen LogP contribution < -0.4 is 5.32 Å². The van der Waals surface area contributed by atoms with Crippen molar-refractivity contribution in [2.24, 2.45) is 0 Å². The lowest BCUT2D eigenvalue weighted by Crippen LogP contribution is -2.46. The van der Waals surface area contributed by atoms with Crippen molar-refractivity contribution in [1.29, 1.82) is 0 Å². The molecule has 0 saturated carbocycles. The van der Waals surface area contributed by atoms with E-state index in [1.54, 1.807) is 6.07 Å². The number of piperidine rings is 1. The van der Waals surface area contributed by atoms with Crippen molar-refractivity contribution in [3.8, 4) is 0 Å². The highest BCUT2D eigenvalue weighted by molar-refractivity contribution is 9.11. The molecule has 1 aromatic heterocycles. The molecule has 1 N–H and O–H groups in total. The van der Waals surface area contributed by atoms with Crippen LogP contribution in [0, 0.1) is 0 Å². The molecule has 0 aliphatic carbocycles. The van der Waals surface area contributed by atoms with Crippen LogP contribution in [0.1, 0.15) is 12.8 Å². The molecule has 2 rings (SSSR count). The Balaban J connectivity index is 2.28. The molecule has 1 aliphatic heterocycles. The molecule has 0 radical (unpaired) electrons. The molecule has 2 heterocycles. The highest BCUT2D eigenvalue weighted by Crippen LogP contribution is 2.36. The van der Waals surface area contributed by atoms with Crippen LogP contribution in [0.5, 0.6) is 0 Å². The summed E-state index contributed by atoms with van der Waals surface area (Å²) >= 11 is 10.5. The molecule has 4 nitrogen and oxygen atoms in total. The first-order chi connectivity index (χ1) is 8.45. The number of sulfonamides is 1. The van der Waals surface area contributed by atoms with E-state index in [9.17, 15) is 8.42 Å². The average Bonchev–Trinajstić information content (AvgIpc) is 2.69. The molecule has 1 aliphatic rings. The Kier molecular flexibility index (Phi) is 4.72. The molecule has 0 amide bonds. The van der Waals surface area contributed by atoms with Gasteiger partial charge in [-0.3, -0.25) is 0 Å². The monoisotopic (exact) mass is 372 g/mol. The van der Waals surface area contributed by atoms with Crippen LogP contribution >= 0.6 is 38.9 Å². The first-order valence-electron chi connectivity index (χ1n) is 5.57. The summed E-state index contributed by atoms with van der Waals surface area (Å²) in [6.45, 7) is 1.06. The van der Waals surface area contributed by atoms with Gasteiger partial charge in [0.1, 0.15) is 9.23 Å². The van der Waals surface area contributed by atoms with Gasteiger partial charge in [0.2, 0.25) is 10.0 Å². The molecule has 1 fully saturated rings. The molecule has 8 heteroatoms. The van der Waals surface area contributed by atoms with Gasteiger partial charge in [-0.15, -0.1) is 11.3 Å². The molecular formula is C10H14BrClN2O2S2. The van der Waals surface area contributed by atoms with E-state index in [0.717, 1.165) is 16.6 Å². The summed E-state index contributed by atoms with van der Waals surface area (Å²) in [6, 6.07) is 1.79. The van der Waals surface area contributed by atoms with Gasteiger partial charge in [-0.05, 0) is 41.9 Å². The highest BCUT2D eigenvalue weighted by atomic mass is 79.9. The number of nitrogens with one attached hydrogen (secondary N) is 1. The lowest BCUT2D eigenvalue weighted by Gasteiger charge is -2.31. The lowest BCUT2D eigenvalue weighted by molar-refractivity contribution is 0.293. The van der Waals surface area contributed by atoms with E-state index in [4.69, 9.17) is 11.6 Å². The van der Waals surface area contributed by atoms with Crippen LogP contribution in [-0.4, -0.2) is 38.9 Å². The molecule has 18 heavy (non-hydrogen) atoms. The van der Waals surface area contributed by atoms with Gasteiger partial charge in [0, 0.05) is 19.1 Å². The molecular weight excluding hydrogens is 360 g/mol. The molecule has 0 spiro atoms. The van der Waals surface area contributed by atoms with Crippen LogP contribution in [0.15, 0.2) is 14.7 Å². The second-order valence-corrected chi connectivity index (χ2v) is 9.12. The Labute approximate surface area is 124 Å². The molecule has 102 valence electrons. The second-order valence-electron chi connectivity index (χ2n) is 4.18. The Morgan fingerprint density at radius 1 is 1.61 bits per heavy atom. The lowest BCUT2D eigenvalue weighted by atomic mass is 10.1. The molecule has 1 unspecified atom stereocenters. The third kappa shape index (κ3) is 2.91. The van der Waals surface area contributed by atoms with Gasteiger partial charge in [0.05, 0.1) is 3.79 Å². The quantitative estimate of drug-likeness (QED) is 0.886. The smallest absolute Gasteiger partial charge is 0.245 e. The molecule has 0 bridgehead atoms. The Hall–Kier alpha value is 0.340. The number of likely N-dealkylation sites (N-methyl/N-ethyl adjacent to an activating group) is 1. The molecule has 0 aromatic carbocycles. The van der Waals surface area contributed by atoms with E-state index >= 15 is 0 Å². The van der Waals surface area contributed by atoms with Crippen LogP contribution in [0.3, 0.4) is 0 Å². The van der Waals surface area contributed by atoms with E-state index in [0.29, 0.717) is 17.4 Å². The van der Waals surface area contributed by atoms with Crippen molar-refractivity contribution in [3.05, 3.63) is 14.2 Å². The third-order valence-corrected chi connectivity index (χ3v) is 7.03. The van der Waals surface area contributed by atoms with E-state index in [1.807, 2.05) is 7.05 Å². The Morgan fingerprint density at radius 2 is 2.33 bits per heavy atom. The SMILES string of the molecule is CNC1CCCN(S(=O)(=O)c2cc(Br)sc2Cl)C1. The minimum absolute atomic E-state index is 0.206. The standard InChI is InChI=1S/C10H14BrClN2O2S2/c1-13-7-3-2-4-14(6-7)18(15,16)8-5-9(11)17-10(8)12/h5,7,13H,2-4,6H2,1H3. The van der Waals surface area contributed by atoms with Gasteiger partial charge in [-0.1, -0.05) is 11.6 Å². The van der Waals surface area contributed by atoms with Crippen molar-refractivity contribution in [3.63, 3.8) is 0 Å². The number of nitrogens with zero attached hydrogens (tertiary/aromatic N) is 1. The number of hydrogen-bond acceptors (Lipinski definition) is 4. The van der Waals surface area contributed by atoms with Crippen molar-refractivity contribution in [1.82, 2.24) is 9.62 Å². The van der Waals surface area contributed by atoms with Gasteiger partial charge in [0.25, 0.3) is 0 Å². The predicted molar refractivity (Wildman–Crippen MR) is 77.9 cm³/mol. The number of rotatable bonds is 3. The molecule has 1 saturated heterocycles. The zero-order chi connectivity index (χ0) is 13.3.